The van der Waals surface area contributed by atoms with Crippen LogP contribution in [0.25, 0.3) is 0 Å². The fraction of sp³-hybridized carbons (Fsp3) is 0.625. The summed E-state index contributed by atoms with van der Waals surface area (Å²) in [5.41, 5.74) is 0.577. The van der Waals surface area contributed by atoms with Gasteiger partial charge in [-0.1, -0.05) is 12.1 Å². The number of ether oxygens (including phenoxy) is 3. The highest BCUT2D eigenvalue weighted by atomic mass is 16.7. The van der Waals surface area contributed by atoms with Crippen LogP contribution >= 0.6 is 0 Å². The van der Waals surface area contributed by atoms with E-state index < -0.39 is 49.5 Å². The third-order valence-electron chi connectivity index (χ3n) is 4.10. The van der Waals surface area contributed by atoms with Crippen LogP contribution < -0.4 is 4.74 Å². The summed E-state index contributed by atoms with van der Waals surface area (Å²) in [5.74, 6) is 0.647. The molecule has 0 spiro atoms. The Kier molecular flexibility index (Phi) is 6.53. The Morgan fingerprint density at radius 3 is 2.25 bits per heavy atom. The SMILES string of the molecule is COc1ccc([C@@H](O)[C@@H](C)O[C@@H]2O[C@@H](CO)[C@@H](O)[C@@H](O)[C@H]2O)cc1. The van der Waals surface area contributed by atoms with Crippen molar-refractivity contribution in [3.05, 3.63) is 29.8 Å². The number of hydrogen-bond acceptors (Lipinski definition) is 8. The molecule has 0 aromatic heterocycles. The van der Waals surface area contributed by atoms with Crippen LogP contribution in [0.2, 0.25) is 0 Å². The first kappa shape index (κ1) is 19.1. The van der Waals surface area contributed by atoms with Crippen molar-refractivity contribution in [1.29, 1.82) is 0 Å². The highest BCUT2D eigenvalue weighted by molar-refractivity contribution is 5.28. The summed E-state index contributed by atoms with van der Waals surface area (Å²) in [4.78, 5) is 0. The Labute approximate surface area is 139 Å². The first-order valence-corrected chi connectivity index (χ1v) is 7.67. The quantitative estimate of drug-likeness (QED) is 0.441. The lowest BCUT2D eigenvalue weighted by atomic mass is 9.99. The van der Waals surface area contributed by atoms with E-state index in [1.165, 1.54) is 7.11 Å². The molecule has 0 saturated carbocycles. The minimum absolute atomic E-state index is 0.541. The summed E-state index contributed by atoms with van der Waals surface area (Å²) >= 11 is 0. The highest BCUT2D eigenvalue weighted by Crippen LogP contribution is 2.27. The monoisotopic (exact) mass is 344 g/mol. The lowest BCUT2D eigenvalue weighted by Gasteiger charge is -2.41. The van der Waals surface area contributed by atoms with E-state index in [4.69, 9.17) is 19.3 Å². The maximum Gasteiger partial charge on any atom is 0.187 e. The molecule has 0 unspecified atom stereocenters. The van der Waals surface area contributed by atoms with E-state index in [2.05, 4.69) is 0 Å². The van der Waals surface area contributed by atoms with Crippen LogP contribution in [0.1, 0.15) is 18.6 Å². The molecule has 0 aliphatic carbocycles. The van der Waals surface area contributed by atoms with Gasteiger partial charge >= 0.3 is 0 Å². The zero-order valence-electron chi connectivity index (χ0n) is 13.5. The molecule has 1 saturated heterocycles. The Hall–Kier alpha value is -1.26. The van der Waals surface area contributed by atoms with Crippen LogP contribution in [-0.2, 0) is 9.47 Å². The molecule has 2 rings (SSSR count). The normalized spacial score (nSPS) is 33.0. The van der Waals surface area contributed by atoms with E-state index >= 15 is 0 Å². The van der Waals surface area contributed by atoms with E-state index in [1.54, 1.807) is 31.2 Å². The van der Waals surface area contributed by atoms with Crippen LogP contribution in [0.4, 0.5) is 0 Å². The van der Waals surface area contributed by atoms with E-state index in [1.807, 2.05) is 0 Å². The average Bonchev–Trinajstić information content (AvgIpc) is 2.61. The number of methoxy groups -OCH3 is 1. The second-order valence-electron chi connectivity index (χ2n) is 5.76. The van der Waals surface area contributed by atoms with Crippen molar-refractivity contribution in [2.24, 2.45) is 0 Å². The fourth-order valence-corrected chi connectivity index (χ4v) is 2.54. The van der Waals surface area contributed by atoms with Crippen molar-refractivity contribution in [1.82, 2.24) is 0 Å². The van der Waals surface area contributed by atoms with Gasteiger partial charge in [0.1, 0.15) is 36.3 Å². The third-order valence-corrected chi connectivity index (χ3v) is 4.10. The Bertz CT molecular complexity index is 505. The van der Waals surface area contributed by atoms with Gasteiger partial charge in [-0.05, 0) is 24.6 Å². The van der Waals surface area contributed by atoms with Crippen LogP contribution in [0.15, 0.2) is 24.3 Å². The molecule has 136 valence electrons. The van der Waals surface area contributed by atoms with Crippen LogP contribution in [0, 0.1) is 0 Å². The molecule has 5 N–H and O–H groups in total. The Morgan fingerprint density at radius 2 is 1.71 bits per heavy atom. The molecule has 1 aliphatic rings. The molecule has 24 heavy (non-hydrogen) atoms. The molecule has 1 heterocycles. The zero-order valence-corrected chi connectivity index (χ0v) is 13.5. The first-order valence-electron chi connectivity index (χ1n) is 7.67. The minimum Gasteiger partial charge on any atom is -0.497 e. The molecular weight excluding hydrogens is 320 g/mol. The number of aliphatic hydroxyl groups is 5. The van der Waals surface area contributed by atoms with Crippen LogP contribution in [0.3, 0.4) is 0 Å². The van der Waals surface area contributed by atoms with Gasteiger partial charge in [0.25, 0.3) is 0 Å². The maximum atomic E-state index is 10.3. The van der Waals surface area contributed by atoms with Gasteiger partial charge in [-0.15, -0.1) is 0 Å². The molecule has 0 amide bonds. The van der Waals surface area contributed by atoms with Crippen molar-refractivity contribution in [3.63, 3.8) is 0 Å². The van der Waals surface area contributed by atoms with Crippen molar-refractivity contribution in [2.75, 3.05) is 13.7 Å². The molecule has 0 bridgehead atoms. The van der Waals surface area contributed by atoms with Gasteiger partial charge in [-0.2, -0.15) is 0 Å². The molecule has 1 aromatic carbocycles. The van der Waals surface area contributed by atoms with Crippen molar-refractivity contribution >= 4 is 0 Å². The second-order valence-corrected chi connectivity index (χ2v) is 5.76. The van der Waals surface area contributed by atoms with Gasteiger partial charge in [0, 0.05) is 0 Å². The van der Waals surface area contributed by atoms with E-state index in [-0.39, 0.29) is 0 Å². The molecule has 8 heteroatoms. The molecule has 8 nitrogen and oxygen atoms in total. The smallest absolute Gasteiger partial charge is 0.187 e. The molecular formula is C16H24O8. The van der Waals surface area contributed by atoms with E-state index in [0.717, 1.165) is 0 Å². The van der Waals surface area contributed by atoms with Gasteiger partial charge < -0.3 is 39.7 Å². The average molecular weight is 344 g/mol. The number of aliphatic hydroxyl groups excluding tert-OH is 5. The third kappa shape index (κ3) is 4.04. The molecule has 1 fully saturated rings. The largest absolute Gasteiger partial charge is 0.497 e. The Morgan fingerprint density at radius 1 is 1.08 bits per heavy atom. The predicted octanol–water partition coefficient (Wildman–Crippen LogP) is -1.07. The van der Waals surface area contributed by atoms with E-state index in [0.29, 0.717) is 11.3 Å². The molecule has 7 atom stereocenters. The molecule has 1 aliphatic heterocycles. The van der Waals surface area contributed by atoms with Gasteiger partial charge in [-0.25, -0.2) is 0 Å². The van der Waals surface area contributed by atoms with Gasteiger partial charge in [-0.3, -0.25) is 0 Å². The predicted molar refractivity (Wildman–Crippen MR) is 82.3 cm³/mol. The topological polar surface area (TPSA) is 129 Å². The minimum atomic E-state index is -1.52. The second kappa shape index (κ2) is 8.21. The Balaban J connectivity index is 2.02. The summed E-state index contributed by atoms with van der Waals surface area (Å²) in [5, 5.41) is 48.9. The maximum absolute atomic E-state index is 10.3. The summed E-state index contributed by atoms with van der Waals surface area (Å²) < 4.78 is 15.8. The van der Waals surface area contributed by atoms with Gasteiger partial charge in [0.15, 0.2) is 6.29 Å². The van der Waals surface area contributed by atoms with Crippen molar-refractivity contribution in [3.8, 4) is 5.75 Å². The van der Waals surface area contributed by atoms with Crippen LogP contribution in [0.5, 0.6) is 5.75 Å². The van der Waals surface area contributed by atoms with Crippen LogP contribution in [-0.4, -0.2) is 76.1 Å². The number of hydrogen-bond donors (Lipinski definition) is 5. The summed E-state index contributed by atoms with van der Waals surface area (Å²) in [6.07, 6.45) is -8.61. The summed E-state index contributed by atoms with van der Waals surface area (Å²) in [7, 11) is 1.54. The lowest BCUT2D eigenvalue weighted by Crippen LogP contribution is -2.59. The number of benzene rings is 1. The fourth-order valence-electron chi connectivity index (χ4n) is 2.54. The van der Waals surface area contributed by atoms with E-state index in [9.17, 15) is 20.4 Å². The van der Waals surface area contributed by atoms with Crippen molar-refractivity contribution < 1.29 is 39.7 Å². The van der Waals surface area contributed by atoms with Gasteiger partial charge in [0.05, 0.1) is 19.8 Å². The van der Waals surface area contributed by atoms with Gasteiger partial charge in [0.2, 0.25) is 0 Å². The van der Waals surface area contributed by atoms with Crippen molar-refractivity contribution in [2.45, 2.75) is 49.8 Å². The molecule has 1 aromatic rings. The summed E-state index contributed by atoms with van der Waals surface area (Å²) in [6, 6.07) is 6.74. The standard InChI is InChI=1S/C16H24O8/c1-8(12(18)9-3-5-10(22-2)6-4-9)23-16-15(21)14(20)13(19)11(7-17)24-16/h3-6,8,11-21H,7H2,1-2H3/t8-,11+,12+,13-,14-,15-,16-/m1/s1. The highest BCUT2D eigenvalue weighted by Gasteiger charge is 2.44. The number of rotatable bonds is 6. The lowest BCUT2D eigenvalue weighted by molar-refractivity contribution is -0.315. The zero-order chi connectivity index (χ0) is 17.9. The molecule has 0 radical (unpaired) electrons. The summed E-state index contributed by atoms with van der Waals surface area (Å²) in [6.45, 7) is 1.04. The first-order chi connectivity index (χ1) is 11.4.